The molecule has 1 aliphatic heterocycles. The molecular weight excluding hydrogens is 396 g/mol. The fourth-order valence-corrected chi connectivity index (χ4v) is 4.54. The molecule has 0 radical (unpaired) electrons. The van der Waals surface area contributed by atoms with Gasteiger partial charge in [0.1, 0.15) is 0 Å². The van der Waals surface area contributed by atoms with Crippen LogP contribution in [-0.2, 0) is 16.4 Å². The Morgan fingerprint density at radius 3 is 2.61 bits per heavy atom. The Morgan fingerprint density at radius 1 is 1.21 bits per heavy atom. The third-order valence-electron chi connectivity index (χ3n) is 4.83. The minimum absolute atomic E-state index is 0.0769. The molecule has 1 unspecified atom stereocenters. The van der Waals surface area contributed by atoms with Gasteiger partial charge in [0.25, 0.3) is 5.91 Å². The number of rotatable bonds is 6. The van der Waals surface area contributed by atoms with Crippen LogP contribution in [0.5, 0.6) is 0 Å². The number of nitrogens with one attached hydrogen (secondary N) is 1. The van der Waals surface area contributed by atoms with Gasteiger partial charge in [0.05, 0.1) is 11.4 Å². The van der Waals surface area contributed by atoms with Gasteiger partial charge in [-0.2, -0.15) is 4.72 Å². The molecule has 1 N–H and O–H groups in total. The number of halogens is 1. The Kier molecular flexibility index (Phi) is 6.40. The van der Waals surface area contributed by atoms with Crippen LogP contribution in [0.15, 0.2) is 53.4 Å². The third-order valence-corrected chi connectivity index (χ3v) is 6.61. The third kappa shape index (κ3) is 4.56. The lowest BCUT2D eigenvalue weighted by Crippen LogP contribution is -2.36. The summed E-state index contributed by atoms with van der Waals surface area (Å²) in [5.74, 6) is 2.13. The van der Waals surface area contributed by atoms with Gasteiger partial charge in [0.2, 0.25) is 10.0 Å². The summed E-state index contributed by atoms with van der Waals surface area (Å²) in [4.78, 5) is 14.9. The maximum atomic E-state index is 13.0. The lowest BCUT2D eigenvalue weighted by atomic mass is 10.0. The van der Waals surface area contributed by atoms with E-state index in [9.17, 15) is 13.2 Å². The highest BCUT2D eigenvalue weighted by Crippen LogP contribution is 2.26. The molecule has 2 aromatic rings. The molecule has 1 heterocycles. The van der Waals surface area contributed by atoms with Gasteiger partial charge in [-0.1, -0.05) is 35.7 Å². The Balaban J connectivity index is 1.74. The lowest BCUT2D eigenvalue weighted by Gasteiger charge is -2.25. The first-order chi connectivity index (χ1) is 13.4. The zero-order valence-electron chi connectivity index (χ0n) is 15.3. The molecular formula is C21H21ClN2O3S. The van der Waals surface area contributed by atoms with Crippen molar-refractivity contribution in [3.63, 3.8) is 0 Å². The van der Waals surface area contributed by atoms with Crippen LogP contribution < -0.4 is 4.72 Å². The number of terminal acetylenes is 1. The molecule has 7 heteroatoms. The molecule has 3 rings (SSSR count). The Labute approximate surface area is 170 Å². The minimum Gasteiger partial charge on any atom is -0.335 e. The number of benzene rings is 2. The van der Waals surface area contributed by atoms with Crippen molar-refractivity contribution in [3.8, 4) is 12.3 Å². The zero-order chi connectivity index (χ0) is 20.1. The summed E-state index contributed by atoms with van der Waals surface area (Å²) in [5.41, 5.74) is 1.48. The molecule has 1 atom stereocenters. The highest BCUT2D eigenvalue weighted by atomic mass is 35.5. The summed E-state index contributed by atoms with van der Waals surface area (Å²) in [6.45, 7) is 0.595. The molecule has 0 saturated carbocycles. The van der Waals surface area contributed by atoms with Gasteiger partial charge >= 0.3 is 0 Å². The zero-order valence-corrected chi connectivity index (χ0v) is 16.8. The fourth-order valence-electron chi connectivity index (χ4n) is 3.40. The SMILES string of the molecule is C#CCNS(=O)(=O)c1ccc(C(=O)N2CCCC2Cc2ccccc2Cl)cc1. The number of carbonyl (C=O) groups excluding carboxylic acids is 1. The molecule has 2 aromatic carbocycles. The molecule has 146 valence electrons. The van der Waals surface area contributed by atoms with Crippen LogP contribution in [0.25, 0.3) is 0 Å². The first kappa shape index (κ1) is 20.4. The molecule has 1 saturated heterocycles. The largest absolute Gasteiger partial charge is 0.335 e. The van der Waals surface area contributed by atoms with E-state index < -0.39 is 10.0 Å². The Bertz CT molecular complexity index is 997. The van der Waals surface area contributed by atoms with E-state index in [1.54, 1.807) is 0 Å². The smallest absolute Gasteiger partial charge is 0.254 e. The number of amides is 1. The van der Waals surface area contributed by atoms with Crippen LogP contribution in [0.3, 0.4) is 0 Å². The van der Waals surface area contributed by atoms with Crippen LogP contribution in [0.2, 0.25) is 5.02 Å². The number of hydrogen-bond acceptors (Lipinski definition) is 3. The van der Waals surface area contributed by atoms with E-state index in [2.05, 4.69) is 10.6 Å². The topological polar surface area (TPSA) is 66.5 Å². The van der Waals surface area contributed by atoms with Gasteiger partial charge in [0.15, 0.2) is 0 Å². The van der Waals surface area contributed by atoms with E-state index >= 15 is 0 Å². The van der Waals surface area contributed by atoms with E-state index in [1.807, 2.05) is 29.2 Å². The number of likely N-dealkylation sites (tertiary alicyclic amines) is 1. The van der Waals surface area contributed by atoms with Crippen molar-refractivity contribution in [2.75, 3.05) is 13.1 Å². The van der Waals surface area contributed by atoms with Crippen molar-refractivity contribution < 1.29 is 13.2 Å². The average molecular weight is 417 g/mol. The number of hydrogen-bond donors (Lipinski definition) is 1. The molecule has 0 aromatic heterocycles. The predicted octanol–water partition coefficient (Wildman–Crippen LogP) is 3.10. The van der Waals surface area contributed by atoms with Gasteiger partial charge < -0.3 is 4.90 Å². The maximum Gasteiger partial charge on any atom is 0.254 e. The number of nitrogens with zero attached hydrogens (tertiary/aromatic N) is 1. The standard InChI is InChI=1S/C21H21ClN2O3S/c1-2-13-23-28(26,27)19-11-9-16(10-12-19)21(25)24-14-5-7-18(24)15-17-6-3-4-8-20(17)22/h1,3-4,6,8-12,18,23H,5,7,13-15H2. The summed E-state index contributed by atoms with van der Waals surface area (Å²) in [6.07, 6.45) is 7.64. The highest BCUT2D eigenvalue weighted by molar-refractivity contribution is 7.89. The molecule has 0 aliphatic carbocycles. The normalized spacial score (nSPS) is 16.7. The number of sulfonamides is 1. The van der Waals surface area contributed by atoms with Gasteiger partial charge in [-0.25, -0.2) is 8.42 Å². The summed E-state index contributed by atoms with van der Waals surface area (Å²) >= 11 is 6.26. The van der Waals surface area contributed by atoms with E-state index in [1.165, 1.54) is 24.3 Å². The van der Waals surface area contributed by atoms with Crippen molar-refractivity contribution in [3.05, 3.63) is 64.7 Å². The summed E-state index contributed by atoms with van der Waals surface area (Å²) in [7, 11) is -3.67. The number of carbonyl (C=O) groups is 1. The maximum absolute atomic E-state index is 13.0. The van der Waals surface area contributed by atoms with E-state index in [-0.39, 0.29) is 23.4 Å². The molecule has 0 bridgehead atoms. The summed E-state index contributed by atoms with van der Waals surface area (Å²) < 4.78 is 26.5. The van der Waals surface area contributed by atoms with Crippen molar-refractivity contribution in [1.82, 2.24) is 9.62 Å². The van der Waals surface area contributed by atoms with Crippen LogP contribution in [-0.4, -0.2) is 38.4 Å². The van der Waals surface area contributed by atoms with Crippen LogP contribution in [0.1, 0.15) is 28.8 Å². The van der Waals surface area contributed by atoms with Gasteiger partial charge in [-0.15, -0.1) is 6.42 Å². The first-order valence-electron chi connectivity index (χ1n) is 9.00. The van der Waals surface area contributed by atoms with Crippen molar-refractivity contribution in [2.24, 2.45) is 0 Å². The van der Waals surface area contributed by atoms with Gasteiger partial charge in [-0.05, 0) is 55.2 Å². The molecule has 1 amide bonds. The van der Waals surface area contributed by atoms with Crippen molar-refractivity contribution >= 4 is 27.5 Å². The Morgan fingerprint density at radius 2 is 1.93 bits per heavy atom. The molecule has 28 heavy (non-hydrogen) atoms. The second-order valence-corrected chi connectivity index (χ2v) is 8.82. The molecule has 1 aliphatic rings. The quantitative estimate of drug-likeness (QED) is 0.736. The monoisotopic (exact) mass is 416 g/mol. The van der Waals surface area contributed by atoms with Crippen LogP contribution >= 0.6 is 11.6 Å². The van der Waals surface area contributed by atoms with E-state index in [0.717, 1.165) is 18.4 Å². The van der Waals surface area contributed by atoms with Gasteiger partial charge in [-0.3, -0.25) is 4.79 Å². The average Bonchev–Trinajstić information content (AvgIpc) is 3.16. The molecule has 1 fully saturated rings. The van der Waals surface area contributed by atoms with Crippen molar-refractivity contribution in [2.45, 2.75) is 30.2 Å². The van der Waals surface area contributed by atoms with Crippen LogP contribution in [0.4, 0.5) is 0 Å². The van der Waals surface area contributed by atoms with Crippen molar-refractivity contribution in [1.29, 1.82) is 0 Å². The van der Waals surface area contributed by atoms with Crippen LogP contribution in [0, 0.1) is 12.3 Å². The second kappa shape index (κ2) is 8.78. The van der Waals surface area contributed by atoms with E-state index in [0.29, 0.717) is 23.6 Å². The minimum atomic E-state index is -3.67. The summed E-state index contributed by atoms with van der Waals surface area (Å²) in [5, 5.41) is 0.704. The predicted molar refractivity (Wildman–Crippen MR) is 110 cm³/mol. The first-order valence-corrected chi connectivity index (χ1v) is 10.9. The second-order valence-electron chi connectivity index (χ2n) is 6.64. The fraction of sp³-hybridized carbons (Fsp3) is 0.286. The Hall–Kier alpha value is -2.33. The summed E-state index contributed by atoms with van der Waals surface area (Å²) in [6, 6.07) is 13.7. The molecule has 0 spiro atoms. The van der Waals surface area contributed by atoms with Gasteiger partial charge in [0, 0.05) is 23.2 Å². The molecule has 5 nitrogen and oxygen atoms in total. The van der Waals surface area contributed by atoms with E-state index in [4.69, 9.17) is 18.0 Å². The lowest BCUT2D eigenvalue weighted by molar-refractivity contribution is 0.0736. The highest BCUT2D eigenvalue weighted by Gasteiger charge is 2.30.